The summed E-state index contributed by atoms with van der Waals surface area (Å²) < 4.78 is 73.9. The molecule has 0 unspecified atom stereocenters. The minimum Gasteiger partial charge on any atom is -0.458 e. The number of fused-ring (bicyclic) bond motifs is 1. The van der Waals surface area contributed by atoms with Gasteiger partial charge in [0.25, 0.3) is 0 Å². The van der Waals surface area contributed by atoms with Gasteiger partial charge in [-0.3, -0.25) is 9.59 Å². The molecule has 1 spiro atoms. The van der Waals surface area contributed by atoms with Crippen molar-refractivity contribution in [2.24, 2.45) is 11.3 Å². The van der Waals surface area contributed by atoms with E-state index in [1.807, 2.05) is 0 Å². The topological polar surface area (TPSA) is 148 Å². The molecule has 0 radical (unpaired) electrons. The number of alkyl halides is 3. The zero-order valence-electron chi connectivity index (χ0n) is 22.7. The first-order valence-corrected chi connectivity index (χ1v) is 12.6. The molecule has 2 bridgehead atoms. The van der Waals surface area contributed by atoms with Crippen LogP contribution in [0.1, 0.15) is 64.9 Å². The van der Waals surface area contributed by atoms with Gasteiger partial charge < -0.3 is 33.2 Å². The first-order chi connectivity index (χ1) is 18.3. The molecular weight excluding hydrogens is 545 g/mol. The highest BCUT2D eigenvalue weighted by Crippen LogP contribution is 2.69. The van der Waals surface area contributed by atoms with Crippen LogP contribution < -0.4 is 0 Å². The Kier molecular flexibility index (Phi) is 7.06. The number of esters is 4. The van der Waals surface area contributed by atoms with Crippen molar-refractivity contribution in [2.75, 3.05) is 0 Å². The van der Waals surface area contributed by atoms with E-state index < -0.39 is 89.0 Å². The molecule has 8 atom stereocenters. The van der Waals surface area contributed by atoms with Crippen LogP contribution in [0, 0.1) is 11.3 Å². The molecule has 0 amide bonds. The van der Waals surface area contributed by atoms with Crippen LogP contribution in [0.25, 0.3) is 0 Å². The smallest absolute Gasteiger partial charge is 0.458 e. The predicted molar refractivity (Wildman–Crippen MR) is 124 cm³/mol. The van der Waals surface area contributed by atoms with Crippen LogP contribution in [0.4, 0.5) is 13.2 Å². The highest BCUT2D eigenvalue weighted by Gasteiger charge is 2.84. The number of ether oxygens (including phenoxy) is 5. The van der Waals surface area contributed by atoms with Gasteiger partial charge in [-0.25, -0.2) is 9.59 Å². The second-order valence-electron chi connectivity index (χ2n) is 11.4. The summed E-state index contributed by atoms with van der Waals surface area (Å²) in [7, 11) is 0. The Balaban J connectivity index is 1.96. The Labute approximate surface area is 227 Å². The quantitative estimate of drug-likeness (QED) is 0.408. The molecule has 3 fully saturated rings. The van der Waals surface area contributed by atoms with Crippen LogP contribution in [-0.4, -0.2) is 76.4 Å². The molecule has 1 aliphatic heterocycles. The van der Waals surface area contributed by atoms with E-state index in [0.29, 0.717) is 0 Å². The molecule has 222 valence electrons. The number of rotatable bonds is 5. The van der Waals surface area contributed by atoms with E-state index in [0.717, 1.165) is 13.8 Å². The van der Waals surface area contributed by atoms with Crippen LogP contribution in [0.5, 0.6) is 0 Å². The number of halogens is 3. The third-order valence-electron chi connectivity index (χ3n) is 8.40. The van der Waals surface area contributed by atoms with Crippen LogP contribution in [0.3, 0.4) is 0 Å². The lowest BCUT2D eigenvalue weighted by Crippen LogP contribution is -2.81. The molecule has 1 N–H and O–H groups in total. The maximum absolute atomic E-state index is 13.5. The summed E-state index contributed by atoms with van der Waals surface area (Å²) in [5.74, 6) is -6.36. The summed E-state index contributed by atoms with van der Waals surface area (Å²) in [5, 5.41) is 12.0. The number of hydrogen-bond acceptors (Lipinski definition) is 11. The number of carbonyl (C=O) groups excluding carboxylic acids is 4. The van der Waals surface area contributed by atoms with Gasteiger partial charge in [0.15, 0.2) is 6.10 Å². The van der Waals surface area contributed by atoms with Crippen molar-refractivity contribution >= 4 is 23.9 Å². The first kappa shape index (κ1) is 29.8. The van der Waals surface area contributed by atoms with Crippen LogP contribution in [-0.2, 0) is 38.1 Å². The molecule has 40 heavy (non-hydrogen) atoms. The molecule has 1 aromatic heterocycles. The van der Waals surface area contributed by atoms with Crippen molar-refractivity contribution in [3.05, 3.63) is 24.2 Å². The highest BCUT2D eigenvalue weighted by molar-refractivity contribution is 5.86. The standard InChI is InChI=1S/C26H31F3O11/c1-12(30)36-16-11-23(5,34)25-18(39-21(33)26(27,28)29)14(22(3,4)40-25)10-17(24(25,6)19(16)37-13(2)31)38-20(32)15-8-7-9-35-15/h7-9,14,16-19,34H,10-11H2,1-6H3/t14-,16+,17+,18-,19+,23+,24-,25+/m1/s1. The third kappa shape index (κ3) is 4.44. The Morgan fingerprint density at radius 3 is 2.12 bits per heavy atom. The highest BCUT2D eigenvalue weighted by atomic mass is 19.4. The van der Waals surface area contributed by atoms with Crippen molar-refractivity contribution in [3.8, 4) is 0 Å². The van der Waals surface area contributed by atoms with Gasteiger partial charge in [-0.1, -0.05) is 0 Å². The maximum Gasteiger partial charge on any atom is 0.490 e. The molecule has 0 aromatic carbocycles. The number of hydrogen-bond donors (Lipinski definition) is 1. The SMILES string of the molecule is CC(=O)O[C@H]1C[C@](C)(O)[C@]23OC(C)(C)[C@H](C[C@H](OC(=O)c4ccco4)[C@]2(C)[C@H]1OC(C)=O)[C@H]3OC(=O)C(F)(F)F. The van der Waals surface area contributed by atoms with E-state index in [4.69, 9.17) is 28.1 Å². The summed E-state index contributed by atoms with van der Waals surface area (Å²) >= 11 is 0. The van der Waals surface area contributed by atoms with Crippen LogP contribution >= 0.6 is 0 Å². The van der Waals surface area contributed by atoms with Crippen LogP contribution in [0.15, 0.2) is 22.8 Å². The fourth-order valence-corrected chi connectivity index (χ4v) is 6.96. The van der Waals surface area contributed by atoms with E-state index in [1.54, 1.807) is 0 Å². The molecular formula is C26H31F3O11. The second kappa shape index (κ2) is 9.47. The van der Waals surface area contributed by atoms with Crippen molar-refractivity contribution in [3.63, 3.8) is 0 Å². The zero-order chi connectivity index (χ0) is 30.1. The fraction of sp³-hybridized carbons (Fsp3) is 0.692. The number of aliphatic hydroxyl groups is 1. The normalized spacial score (nSPS) is 38.1. The Morgan fingerprint density at radius 2 is 1.60 bits per heavy atom. The largest absolute Gasteiger partial charge is 0.490 e. The molecule has 2 aliphatic carbocycles. The van der Waals surface area contributed by atoms with E-state index in [9.17, 15) is 37.5 Å². The molecule has 11 nitrogen and oxygen atoms in total. The molecule has 14 heteroatoms. The van der Waals surface area contributed by atoms with E-state index in [2.05, 4.69) is 0 Å². The number of furan rings is 1. The second-order valence-corrected chi connectivity index (χ2v) is 11.4. The van der Waals surface area contributed by atoms with Crippen molar-refractivity contribution in [1.29, 1.82) is 0 Å². The fourth-order valence-electron chi connectivity index (χ4n) is 6.96. The number of carbonyl (C=O) groups is 4. The minimum atomic E-state index is -5.38. The molecule has 4 rings (SSSR count). The van der Waals surface area contributed by atoms with Crippen LogP contribution in [0.2, 0.25) is 0 Å². The van der Waals surface area contributed by atoms with Gasteiger partial charge in [0, 0.05) is 26.2 Å². The monoisotopic (exact) mass is 576 g/mol. The van der Waals surface area contributed by atoms with Crippen molar-refractivity contribution in [1.82, 2.24) is 0 Å². The third-order valence-corrected chi connectivity index (χ3v) is 8.40. The average molecular weight is 577 g/mol. The van der Waals surface area contributed by atoms with Gasteiger partial charge >= 0.3 is 30.1 Å². The summed E-state index contributed by atoms with van der Waals surface area (Å²) in [6, 6.07) is 2.77. The Morgan fingerprint density at radius 1 is 0.975 bits per heavy atom. The molecule has 2 heterocycles. The maximum atomic E-state index is 13.5. The van der Waals surface area contributed by atoms with Crippen molar-refractivity contribution in [2.45, 2.75) is 102 Å². The van der Waals surface area contributed by atoms with Gasteiger partial charge in [0.2, 0.25) is 5.76 Å². The van der Waals surface area contributed by atoms with Gasteiger partial charge in [-0.15, -0.1) is 0 Å². The minimum absolute atomic E-state index is 0.195. The van der Waals surface area contributed by atoms with Gasteiger partial charge in [0.1, 0.15) is 23.9 Å². The summed E-state index contributed by atoms with van der Waals surface area (Å²) in [6.07, 6.45) is -10.8. The lowest BCUT2D eigenvalue weighted by atomic mass is 9.47. The van der Waals surface area contributed by atoms with Gasteiger partial charge in [-0.05, 0) is 46.2 Å². The van der Waals surface area contributed by atoms with Gasteiger partial charge in [-0.2, -0.15) is 13.2 Å². The van der Waals surface area contributed by atoms with E-state index >= 15 is 0 Å². The van der Waals surface area contributed by atoms with Gasteiger partial charge in [0.05, 0.1) is 22.9 Å². The Bertz CT molecular complexity index is 1190. The Hall–Kier alpha value is -3.13. The zero-order valence-corrected chi connectivity index (χ0v) is 22.7. The average Bonchev–Trinajstić information content (AvgIpc) is 3.39. The lowest BCUT2D eigenvalue weighted by Gasteiger charge is -2.65. The lowest BCUT2D eigenvalue weighted by molar-refractivity contribution is -0.346. The van der Waals surface area contributed by atoms with Crippen molar-refractivity contribution < 1.29 is 65.6 Å². The molecule has 1 saturated heterocycles. The predicted octanol–water partition coefficient (Wildman–Crippen LogP) is 2.87. The molecule has 1 aromatic rings. The molecule has 2 saturated carbocycles. The summed E-state index contributed by atoms with van der Waals surface area (Å²) in [5.41, 5.74) is -7.72. The molecule has 3 aliphatic rings. The van der Waals surface area contributed by atoms with E-state index in [1.165, 1.54) is 46.1 Å². The first-order valence-electron chi connectivity index (χ1n) is 12.6. The summed E-state index contributed by atoms with van der Waals surface area (Å²) in [4.78, 5) is 49.7. The summed E-state index contributed by atoms with van der Waals surface area (Å²) in [6.45, 7) is 7.82. The van der Waals surface area contributed by atoms with E-state index in [-0.39, 0.29) is 12.2 Å².